The molecule has 0 saturated heterocycles. The van der Waals surface area contributed by atoms with E-state index in [1.165, 1.54) is 19.3 Å². The van der Waals surface area contributed by atoms with E-state index >= 15 is 0 Å². The maximum absolute atomic E-state index is 8.06. The first-order valence-electron chi connectivity index (χ1n) is 4.98. The topological polar surface area (TPSA) is 40.5 Å². The summed E-state index contributed by atoms with van der Waals surface area (Å²) >= 11 is 0. The Labute approximate surface area is 103 Å². The predicted molar refractivity (Wildman–Crippen MR) is 57.7 cm³/mol. The molecule has 0 aliphatic heterocycles. The summed E-state index contributed by atoms with van der Waals surface area (Å²) in [5.41, 5.74) is 0. The fraction of sp³-hybridized carbons (Fsp3) is 0.818. The van der Waals surface area contributed by atoms with Crippen LogP contribution >= 0.6 is 0 Å². The first-order valence-corrected chi connectivity index (χ1v) is 4.98. The molecular weight excluding hydrogens is 212 g/mol. The van der Waals surface area contributed by atoms with Crippen LogP contribution in [0.5, 0.6) is 0 Å². The van der Waals surface area contributed by atoms with Crippen LogP contribution in [-0.4, -0.2) is 22.4 Å². The van der Waals surface area contributed by atoms with E-state index in [-0.39, 0.29) is 33.9 Å². The zero-order chi connectivity index (χ0) is 10.7. The molecule has 0 aromatic rings. The smallest absolute Gasteiger partial charge is 0.0483 e. The molecule has 1 rings (SSSR count). The second kappa shape index (κ2) is 15.8. The fourth-order valence-electron chi connectivity index (χ4n) is 0.589. The molecule has 0 amide bonds. The van der Waals surface area contributed by atoms with Crippen molar-refractivity contribution in [3.8, 4) is 0 Å². The first-order chi connectivity index (χ1) is 5.96. The van der Waals surface area contributed by atoms with E-state index in [1.54, 1.807) is 27.7 Å². The van der Waals surface area contributed by atoms with Crippen LogP contribution in [0.2, 0.25) is 0 Å². The van der Waals surface area contributed by atoms with E-state index in [0.29, 0.717) is 0 Å². The van der Waals surface area contributed by atoms with Gasteiger partial charge in [-0.3, -0.25) is 0 Å². The normalized spacial score (nSPS) is 12.6. The van der Waals surface area contributed by atoms with Gasteiger partial charge >= 0.3 is 0 Å². The fourth-order valence-corrected chi connectivity index (χ4v) is 0.589. The van der Waals surface area contributed by atoms with Crippen molar-refractivity contribution in [3.05, 3.63) is 12.2 Å². The molecule has 2 N–H and O–H groups in total. The SMILES string of the molecule is C1=CCCC1.CC(C)O.CC(C)O.[Ti]. The van der Waals surface area contributed by atoms with Crippen molar-refractivity contribution in [1.82, 2.24) is 0 Å². The maximum Gasteiger partial charge on any atom is 0.0483 e. The Hall–Kier alpha value is 0.374. The second-order valence-electron chi connectivity index (χ2n) is 3.59. The molecule has 0 fully saturated rings. The van der Waals surface area contributed by atoms with E-state index in [1.807, 2.05) is 0 Å². The molecule has 2 nitrogen and oxygen atoms in total. The van der Waals surface area contributed by atoms with Crippen molar-refractivity contribution in [2.24, 2.45) is 0 Å². The van der Waals surface area contributed by atoms with E-state index in [4.69, 9.17) is 10.2 Å². The van der Waals surface area contributed by atoms with Crippen LogP contribution in [0.3, 0.4) is 0 Å². The van der Waals surface area contributed by atoms with Gasteiger partial charge in [0.15, 0.2) is 0 Å². The monoisotopic (exact) mass is 236 g/mol. The van der Waals surface area contributed by atoms with Gasteiger partial charge in [0.2, 0.25) is 0 Å². The third-order valence-electron chi connectivity index (χ3n) is 0.908. The molecule has 0 unspecified atom stereocenters. The predicted octanol–water partition coefficient (Wildman–Crippen LogP) is 2.50. The van der Waals surface area contributed by atoms with Crippen LogP contribution in [0.4, 0.5) is 0 Å². The average molecular weight is 236 g/mol. The maximum atomic E-state index is 8.06. The summed E-state index contributed by atoms with van der Waals surface area (Å²) in [6.45, 7) is 6.89. The van der Waals surface area contributed by atoms with Crippen molar-refractivity contribution < 1.29 is 31.9 Å². The second-order valence-corrected chi connectivity index (χ2v) is 3.59. The van der Waals surface area contributed by atoms with E-state index < -0.39 is 0 Å². The van der Waals surface area contributed by atoms with Crippen LogP contribution in [-0.2, 0) is 21.7 Å². The van der Waals surface area contributed by atoms with Gasteiger partial charge in [0.25, 0.3) is 0 Å². The van der Waals surface area contributed by atoms with Crippen LogP contribution in [0.1, 0.15) is 47.0 Å². The number of allylic oxidation sites excluding steroid dienone is 2. The third kappa shape index (κ3) is 55.4. The molecule has 0 aromatic carbocycles. The number of aliphatic hydroxyl groups is 2. The minimum Gasteiger partial charge on any atom is -0.394 e. The number of hydrogen-bond acceptors (Lipinski definition) is 2. The van der Waals surface area contributed by atoms with Gasteiger partial charge in [0.1, 0.15) is 0 Å². The van der Waals surface area contributed by atoms with Crippen molar-refractivity contribution >= 4 is 0 Å². The molecule has 0 spiro atoms. The third-order valence-corrected chi connectivity index (χ3v) is 0.908. The number of aliphatic hydroxyl groups excluding tert-OH is 2. The van der Waals surface area contributed by atoms with Gasteiger partial charge < -0.3 is 10.2 Å². The average Bonchev–Trinajstić information content (AvgIpc) is 2.35. The van der Waals surface area contributed by atoms with Crippen molar-refractivity contribution in [1.29, 1.82) is 0 Å². The molecule has 0 aromatic heterocycles. The number of hydrogen-bond donors (Lipinski definition) is 2. The van der Waals surface area contributed by atoms with Gasteiger partial charge in [-0.15, -0.1) is 0 Å². The van der Waals surface area contributed by atoms with E-state index in [9.17, 15) is 0 Å². The Balaban J connectivity index is -0.000000127. The molecular formula is C11H24O2Ti. The largest absolute Gasteiger partial charge is 0.394 e. The molecule has 3 heteroatoms. The van der Waals surface area contributed by atoms with Gasteiger partial charge in [-0.1, -0.05) is 12.2 Å². The summed E-state index contributed by atoms with van der Waals surface area (Å²) in [5.74, 6) is 0. The summed E-state index contributed by atoms with van der Waals surface area (Å²) in [5, 5.41) is 16.1. The Bertz CT molecular complexity index is 94.3. The Kier molecular flexibility index (Phi) is 22.5. The van der Waals surface area contributed by atoms with E-state index in [0.717, 1.165) is 0 Å². The summed E-state index contributed by atoms with van der Waals surface area (Å²) in [6.07, 6.45) is 8.17. The zero-order valence-corrected chi connectivity index (χ0v) is 11.4. The zero-order valence-electron chi connectivity index (χ0n) is 9.83. The van der Waals surface area contributed by atoms with Crippen LogP contribution < -0.4 is 0 Å². The molecule has 0 radical (unpaired) electrons. The first kappa shape index (κ1) is 19.9. The molecule has 14 heavy (non-hydrogen) atoms. The minimum absolute atomic E-state index is 0. The van der Waals surface area contributed by atoms with Crippen molar-refractivity contribution in [3.63, 3.8) is 0 Å². The van der Waals surface area contributed by atoms with Crippen LogP contribution in [0, 0.1) is 0 Å². The van der Waals surface area contributed by atoms with Gasteiger partial charge in [-0.25, -0.2) is 0 Å². The van der Waals surface area contributed by atoms with E-state index in [2.05, 4.69) is 12.2 Å². The Morgan fingerprint density at radius 3 is 1.14 bits per heavy atom. The molecule has 0 bridgehead atoms. The molecule has 0 heterocycles. The minimum atomic E-state index is -0.167. The number of rotatable bonds is 0. The van der Waals surface area contributed by atoms with Gasteiger partial charge in [-0.2, -0.15) is 0 Å². The standard InChI is InChI=1S/C5H8.2C3H8O.Ti/c1-2-4-5-3-1;2*1-3(2)4;/h1-2H,3-5H2;2*3-4H,1-2H3;. The summed E-state index contributed by atoms with van der Waals surface area (Å²) < 4.78 is 0. The van der Waals surface area contributed by atoms with Gasteiger partial charge in [0.05, 0.1) is 0 Å². The molecule has 1 aliphatic carbocycles. The van der Waals surface area contributed by atoms with Crippen molar-refractivity contribution in [2.45, 2.75) is 59.2 Å². The Morgan fingerprint density at radius 1 is 0.857 bits per heavy atom. The summed E-state index contributed by atoms with van der Waals surface area (Å²) in [7, 11) is 0. The Morgan fingerprint density at radius 2 is 1.07 bits per heavy atom. The van der Waals surface area contributed by atoms with Gasteiger partial charge in [0, 0.05) is 33.9 Å². The van der Waals surface area contributed by atoms with Crippen molar-refractivity contribution in [2.75, 3.05) is 0 Å². The summed E-state index contributed by atoms with van der Waals surface area (Å²) in [6, 6.07) is 0. The molecule has 84 valence electrons. The van der Waals surface area contributed by atoms with Crippen LogP contribution in [0.25, 0.3) is 0 Å². The molecule has 1 aliphatic rings. The summed E-state index contributed by atoms with van der Waals surface area (Å²) in [4.78, 5) is 0. The quantitative estimate of drug-likeness (QED) is 0.501. The van der Waals surface area contributed by atoms with Crippen LogP contribution in [0.15, 0.2) is 12.2 Å². The van der Waals surface area contributed by atoms with Gasteiger partial charge in [-0.05, 0) is 47.0 Å². The molecule has 0 atom stereocenters. The molecule has 0 saturated carbocycles.